The molecule has 110 valence electrons. The lowest BCUT2D eigenvalue weighted by atomic mass is 10.2. The van der Waals surface area contributed by atoms with E-state index in [1.807, 2.05) is 18.2 Å². The van der Waals surface area contributed by atoms with Crippen molar-refractivity contribution in [2.75, 3.05) is 18.0 Å². The molecule has 21 heavy (non-hydrogen) atoms. The Morgan fingerprint density at radius 2 is 2.00 bits per heavy atom. The van der Waals surface area contributed by atoms with Crippen LogP contribution in [0.5, 0.6) is 0 Å². The molecule has 2 nitrogen and oxygen atoms in total. The van der Waals surface area contributed by atoms with Gasteiger partial charge in [0, 0.05) is 30.7 Å². The SMILES string of the molecule is Fc1cc(Cl)ccc1N1CCC(NCc2ccccc2)C1. The number of anilines is 1. The predicted molar refractivity (Wildman–Crippen MR) is 85.3 cm³/mol. The van der Waals surface area contributed by atoms with Crippen molar-refractivity contribution in [2.24, 2.45) is 0 Å². The van der Waals surface area contributed by atoms with Gasteiger partial charge in [-0.3, -0.25) is 0 Å². The van der Waals surface area contributed by atoms with Crippen molar-refractivity contribution in [3.05, 3.63) is 64.9 Å². The summed E-state index contributed by atoms with van der Waals surface area (Å²) in [6.07, 6.45) is 1.02. The molecule has 0 aromatic heterocycles. The van der Waals surface area contributed by atoms with E-state index in [9.17, 15) is 4.39 Å². The minimum absolute atomic E-state index is 0.244. The van der Waals surface area contributed by atoms with Crippen LogP contribution in [-0.4, -0.2) is 19.1 Å². The molecule has 1 N–H and O–H groups in total. The van der Waals surface area contributed by atoms with Gasteiger partial charge < -0.3 is 10.2 Å². The molecule has 1 unspecified atom stereocenters. The third-order valence-corrected chi connectivity index (χ3v) is 4.11. The van der Waals surface area contributed by atoms with E-state index in [1.54, 1.807) is 12.1 Å². The van der Waals surface area contributed by atoms with Gasteiger partial charge in [0.1, 0.15) is 5.82 Å². The highest BCUT2D eigenvalue weighted by molar-refractivity contribution is 6.30. The molecule has 0 spiro atoms. The smallest absolute Gasteiger partial charge is 0.147 e. The zero-order chi connectivity index (χ0) is 14.7. The van der Waals surface area contributed by atoms with Crippen LogP contribution in [0.15, 0.2) is 48.5 Å². The van der Waals surface area contributed by atoms with Gasteiger partial charge in [0.2, 0.25) is 0 Å². The number of nitrogens with zero attached hydrogens (tertiary/aromatic N) is 1. The van der Waals surface area contributed by atoms with Crippen molar-refractivity contribution >= 4 is 17.3 Å². The number of nitrogens with one attached hydrogen (secondary N) is 1. The van der Waals surface area contributed by atoms with Gasteiger partial charge in [-0.15, -0.1) is 0 Å². The third-order valence-electron chi connectivity index (χ3n) is 3.88. The van der Waals surface area contributed by atoms with Crippen LogP contribution >= 0.6 is 11.6 Å². The first-order valence-electron chi connectivity index (χ1n) is 7.20. The van der Waals surface area contributed by atoms with Crippen molar-refractivity contribution in [1.29, 1.82) is 0 Å². The maximum Gasteiger partial charge on any atom is 0.147 e. The molecule has 3 rings (SSSR count). The van der Waals surface area contributed by atoms with Gasteiger partial charge in [-0.25, -0.2) is 4.39 Å². The Hall–Kier alpha value is -1.58. The van der Waals surface area contributed by atoms with Gasteiger partial charge in [-0.1, -0.05) is 41.9 Å². The molecule has 1 aliphatic heterocycles. The molecular weight excluding hydrogens is 287 g/mol. The average molecular weight is 305 g/mol. The molecular formula is C17H18ClFN2. The molecule has 1 aliphatic rings. The molecule has 2 aromatic rings. The Balaban J connectivity index is 1.58. The molecule has 1 atom stereocenters. The van der Waals surface area contributed by atoms with E-state index in [-0.39, 0.29) is 5.82 Å². The van der Waals surface area contributed by atoms with Gasteiger partial charge >= 0.3 is 0 Å². The first-order valence-corrected chi connectivity index (χ1v) is 7.57. The lowest BCUT2D eigenvalue weighted by molar-refractivity contribution is 0.550. The summed E-state index contributed by atoms with van der Waals surface area (Å²) in [5.74, 6) is -0.244. The zero-order valence-corrected chi connectivity index (χ0v) is 12.5. The third kappa shape index (κ3) is 3.55. The average Bonchev–Trinajstić information content (AvgIpc) is 2.95. The maximum absolute atomic E-state index is 13.9. The largest absolute Gasteiger partial charge is 0.368 e. The fourth-order valence-corrected chi connectivity index (χ4v) is 2.90. The maximum atomic E-state index is 13.9. The van der Waals surface area contributed by atoms with E-state index < -0.39 is 0 Å². The number of benzene rings is 2. The number of hydrogen-bond acceptors (Lipinski definition) is 2. The Morgan fingerprint density at radius 1 is 1.19 bits per heavy atom. The molecule has 1 heterocycles. The number of halogens is 2. The fraction of sp³-hybridized carbons (Fsp3) is 0.294. The predicted octanol–water partition coefficient (Wildman–Crippen LogP) is 3.85. The first kappa shape index (κ1) is 14.4. The molecule has 0 saturated carbocycles. The summed E-state index contributed by atoms with van der Waals surface area (Å²) in [6, 6.07) is 15.6. The summed E-state index contributed by atoms with van der Waals surface area (Å²) in [4.78, 5) is 2.08. The van der Waals surface area contributed by atoms with Crippen LogP contribution in [0.3, 0.4) is 0 Å². The first-order chi connectivity index (χ1) is 10.2. The molecule has 0 radical (unpaired) electrons. The Bertz CT molecular complexity index is 603. The minimum atomic E-state index is -0.244. The number of rotatable bonds is 4. The molecule has 4 heteroatoms. The van der Waals surface area contributed by atoms with Crippen molar-refractivity contribution < 1.29 is 4.39 Å². The minimum Gasteiger partial charge on any atom is -0.368 e. The molecule has 0 aliphatic carbocycles. The Kier molecular flexibility index (Phi) is 4.42. The van der Waals surface area contributed by atoms with E-state index in [0.29, 0.717) is 16.8 Å². The lowest BCUT2D eigenvalue weighted by Gasteiger charge is -2.20. The summed E-state index contributed by atoms with van der Waals surface area (Å²) in [5, 5.41) is 3.98. The Morgan fingerprint density at radius 3 is 2.76 bits per heavy atom. The molecule has 2 aromatic carbocycles. The van der Waals surface area contributed by atoms with Crippen LogP contribution < -0.4 is 10.2 Å². The second kappa shape index (κ2) is 6.46. The highest BCUT2D eigenvalue weighted by Crippen LogP contribution is 2.26. The highest BCUT2D eigenvalue weighted by atomic mass is 35.5. The molecule has 0 amide bonds. The van der Waals surface area contributed by atoms with Gasteiger partial charge in [-0.2, -0.15) is 0 Å². The van der Waals surface area contributed by atoms with Crippen molar-refractivity contribution in [1.82, 2.24) is 5.32 Å². The van der Waals surface area contributed by atoms with Gasteiger partial charge in [0.15, 0.2) is 0 Å². The van der Waals surface area contributed by atoms with Gasteiger partial charge in [0.25, 0.3) is 0 Å². The molecule has 0 bridgehead atoms. The summed E-state index contributed by atoms with van der Waals surface area (Å²) < 4.78 is 13.9. The van der Waals surface area contributed by atoms with Crippen LogP contribution in [0.4, 0.5) is 10.1 Å². The second-order valence-corrected chi connectivity index (χ2v) is 5.83. The fourth-order valence-electron chi connectivity index (χ4n) is 2.74. The summed E-state index contributed by atoms with van der Waals surface area (Å²) >= 11 is 5.80. The van der Waals surface area contributed by atoms with Crippen LogP contribution in [-0.2, 0) is 6.54 Å². The van der Waals surface area contributed by atoms with E-state index in [4.69, 9.17) is 11.6 Å². The highest BCUT2D eigenvalue weighted by Gasteiger charge is 2.24. The lowest BCUT2D eigenvalue weighted by Crippen LogP contribution is -2.32. The molecule has 1 saturated heterocycles. The molecule has 1 fully saturated rings. The van der Waals surface area contributed by atoms with Crippen molar-refractivity contribution in [2.45, 2.75) is 19.0 Å². The standard InChI is InChI=1S/C17H18ClFN2/c18-14-6-7-17(16(19)10-14)21-9-8-15(12-21)20-11-13-4-2-1-3-5-13/h1-7,10,15,20H,8-9,11-12H2. The summed E-state index contributed by atoms with van der Waals surface area (Å²) in [5.41, 5.74) is 1.91. The van der Waals surface area contributed by atoms with Crippen molar-refractivity contribution in [3.63, 3.8) is 0 Å². The number of hydrogen-bond donors (Lipinski definition) is 1. The topological polar surface area (TPSA) is 15.3 Å². The van der Waals surface area contributed by atoms with E-state index in [0.717, 1.165) is 26.1 Å². The van der Waals surface area contributed by atoms with E-state index in [1.165, 1.54) is 11.6 Å². The van der Waals surface area contributed by atoms with E-state index >= 15 is 0 Å². The summed E-state index contributed by atoms with van der Waals surface area (Å²) in [6.45, 7) is 2.54. The zero-order valence-electron chi connectivity index (χ0n) is 11.7. The van der Waals surface area contributed by atoms with E-state index in [2.05, 4.69) is 22.3 Å². The van der Waals surface area contributed by atoms with Crippen LogP contribution in [0.1, 0.15) is 12.0 Å². The van der Waals surface area contributed by atoms with Crippen molar-refractivity contribution in [3.8, 4) is 0 Å². The van der Waals surface area contributed by atoms with Gasteiger partial charge in [-0.05, 0) is 30.2 Å². The van der Waals surface area contributed by atoms with Crippen LogP contribution in [0.2, 0.25) is 5.02 Å². The quantitative estimate of drug-likeness (QED) is 0.923. The summed E-state index contributed by atoms with van der Waals surface area (Å²) in [7, 11) is 0. The monoisotopic (exact) mass is 304 g/mol. The van der Waals surface area contributed by atoms with Crippen LogP contribution in [0, 0.1) is 5.82 Å². The van der Waals surface area contributed by atoms with Crippen LogP contribution in [0.25, 0.3) is 0 Å². The normalized spacial score (nSPS) is 18.2. The van der Waals surface area contributed by atoms with Gasteiger partial charge in [0.05, 0.1) is 5.69 Å². The Labute approximate surface area is 129 Å². The second-order valence-electron chi connectivity index (χ2n) is 5.39.